The Bertz CT molecular complexity index is 1410. The minimum atomic E-state index is -0.0184. The third-order valence-corrected chi connectivity index (χ3v) is 6.22. The first kappa shape index (κ1) is 16.5. The first-order valence-corrected chi connectivity index (χ1v) is 10.1. The smallest absolute Gasteiger partial charge is 0.275 e. The maximum absolute atomic E-state index is 12.9. The molecule has 27 heavy (non-hydrogen) atoms. The van der Waals surface area contributed by atoms with Crippen LogP contribution in [0, 0.1) is 0 Å². The molecular weight excluding hydrogens is 422 g/mol. The van der Waals surface area contributed by atoms with Crippen molar-refractivity contribution in [1.82, 2.24) is 14.0 Å². The summed E-state index contributed by atoms with van der Waals surface area (Å²) >= 11 is 4.89. The van der Waals surface area contributed by atoms with E-state index >= 15 is 0 Å². The Morgan fingerprint density at radius 1 is 1.04 bits per heavy atom. The van der Waals surface area contributed by atoms with Gasteiger partial charge in [0.15, 0.2) is 4.96 Å². The Morgan fingerprint density at radius 3 is 2.63 bits per heavy atom. The Hall–Kier alpha value is -2.70. The number of nitrogens with zero attached hydrogens (tertiary/aromatic N) is 3. The van der Waals surface area contributed by atoms with E-state index in [9.17, 15) is 4.79 Å². The van der Waals surface area contributed by atoms with Crippen LogP contribution in [0.1, 0.15) is 5.69 Å². The molecule has 0 N–H and O–H groups in total. The van der Waals surface area contributed by atoms with Gasteiger partial charge in [0.25, 0.3) is 5.56 Å². The second kappa shape index (κ2) is 6.18. The summed E-state index contributed by atoms with van der Waals surface area (Å²) in [6.45, 7) is 0. The van der Waals surface area contributed by atoms with Crippen LogP contribution in [-0.4, -0.2) is 14.0 Å². The lowest BCUT2D eigenvalue weighted by molar-refractivity contribution is 0.923. The van der Waals surface area contributed by atoms with Crippen LogP contribution in [0.5, 0.6) is 0 Å². The number of halogens is 1. The molecule has 5 aromatic rings. The molecule has 0 aliphatic heterocycles. The van der Waals surface area contributed by atoms with Crippen LogP contribution in [-0.2, 0) is 7.05 Å². The summed E-state index contributed by atoms with van der Waals surface area (Å²) in [5.74, 6) is 0. The number of hydrogen-bond acceptors (Lipinski definition) is 3. The maximum atomic E-state index is 12.9. The predicted molar refractivity (Wildman–Crippen MR) is 114 cm³/mol. The number of para-hydroxylation sites is 2. The van der Waals surface area contributed by atoms with Gasteiger partial charge in [-0.1, -0.05) is 51.5 Å². The van der Waals surface area contributed by atoms with Crippen molar-refractivity contribution in [2.75, 3.05) is 0 Å². The van der Waals surface area contributed by atoms with Crippen LogP contribution in [0.2, 0.25) is 0 Å². The zero-order valence-corrected chi connectivity index (χ0v) is 16.8. The average molecular weight is 436 g/mol. The highest BCUT2D eigenvalue weighted by molar-refractivity contribution is 9.10. The van der Waals surface area contributed by atoms with Gasteiger partial charge in [-0.15, -0.1) is 0 Å². The quantitative estimate of drug-likeness (QED) is 0.416. The lowest BCUT2D eigenvalue weighted by Gasteiger charge is -2.05. The molecule has 0 spiro atoms. The summed E-state index contributed by atoms with van der Waals surface area (Å²) in [6, 6.07) is 20.1. The van der Waals surface area contributed by atoms with Crippen LogP contribution in [0.4, 0.5) is 0 Å². The van der Waals surface area contributed by atoms with Crippen LogP contribution in [0.25, 0.3) is 33.3 Å². The number of imidazole rings is 1. The van der Waals surface area contributed by atoms with Gasteiger partial charge >= 0.3 is 0 Å². The first-order chi connectivity index (χ1) is 13.1. The molecule has 0 radical (unpaired) electrons. The van der Waals surface area contributed by atoms with Crippen molar-refractivity contribution in [3.8, 4) is 11.3 Å². The Morgan fingerprint density at radius 2 is 1.81 bits per heavy atom. The molecule has 5 rings (SSSR count). The molecule has 2 aromatic carbocycles. The summed E-state index contributed by atoms with van der Waals surface area (Å²) < 4.78 is 5.54. The highest BCUT2D eigenvalue weighted by atomic mass is 79.9. The van der Waals surface area contributed by atoms with Gasteiger partial charge in [0.2, 0.25) is 0 Å². The van der Waals surface area contributed by atoms with E-state index in [4.69, 9.17) is 0 Å². The molecule has 0 fully saturated rings. The molecule has 0 bridgehead atoms. The van der Waals surface area contributed by atoms with E-state index in [0.29, 0.717) is 4.53 Å². The third-order valence-electron chi connectivity index (χ3n) is 4.72. The van der Waals surface area contributed by atoms with Crippen molar-refractivity contribution >= 4 is 49.3 Å². The fourth-order valence-electron chi connectivity index (χ4n) is 3.33. The number of thiazole rings is 1. The van der Waals surface area contributed by atoms with E-state index in [1.54, 1.807) is 4.40 Å². The highest BCUT2D eigenvalue weighted by Crippen LogP contribution is 2.24. The first-order valence-electron chi connectivity index (χ1n) is 8.45. The highest BCUT2D eigenvalue weighted by Gasteiger charge is 2.11. The molecule has 0 saturated carbocycles. The lowest BCUT2D eigenvalue weighted by atomic mass is 10.1. The molecule has 0 atom stereocenters. The Kier molecular flexibility index (Phi) is 3.77. The molecule has 6 heteroatoms. The van der Waals surface area contributed by atoms with E-state index in [1.807, 2.05) is 55.6 Å². The Balaban J connectivity index is 1.66. The van der Waals surface area contributed by atoms with E-state index in [1.165, 1.54) is 11.3 Å². The van der Waals surface area contributed by atoms with Crippen molar-refractivity contribution in [3.05, 3.63) is 85.7 Å². The fourth-order valence-corrected chi connectivity index (χ4v) is 4.56. The molecule has 0 unspecified atom stereocenters. The molecule has 3 aromatic heterocycles. The number of aromatic nitrogens is 3. The van der Waals surface area contributed by atoms with Crippen LogP contribution in [0.15, 0.2) is 69.9 Å². The van der Waals surface area contributed by atoms with Crippen molar-refractivity contribution in [1.29, 1.82) is 0 Å². The van der Waals surface area contributed by atoms with Crippen LogP contribution >= 0.6 is 27.3 Å². The summed E-state index contributed by atoms with van der Waals surface area (Å²) in [4.78, 5) is 18.2. The second-order valence-corrected chi connectivity index (χ2v) is 8.27. The third kappa shape index (κ3) is 2.64. The number of hydrogen-bond donors (Lipinski definition) is 0. The summed E-state index contributed by atoms with van der Waals surface area (Å²) in [5.41, 5.74) is 4.91. The normalized spacial score (nSPS) is 12.4. The molecule has 0 amide bonds. The van der Waals surface area contributed by atoms with Crippen molar-refractivity contribution < 1.29 is 0 Å². The van der Waals surface area contributed by atoms with E-state index in [-0.39, 0.29) is 5.56 Å². The zero-order chi connectivity index (χ0) is 18.5. The van der Waals surface area contributed by atoms with E-state index < -0.39 is 0 Å². The standard InChI is InChI=1S/C21H14BrN3OS/c1-24-15(10-11-17(24)13-6-8-14(22)9-7-13)12-19-20(26)25-18-5-3-2-4-16(18)23-21(25)27-19/h2-12H,1H3/b19-12-. The van der Waals surface area contributed by atoms with Gasteiger partial charge in [-0.3, -0.25) is 4.79 Å². The topological polar surface area (TPSA) is 39.3 Å². The van der Waals surface area contributed by atoms with E-state index in [2.05, 4.69) is 43.7 Å². The molecule has 0 aliphatic carbocycles. The van der Waals surface area contributed by atoms with Crippen molar-refractivity contribution in [2.45, 2.75) is 0 Å². The number of benzene rings is 2. The van der Waals surface area contributed by atoms with Crippen LogP contribution in [0.3, 0.4) is 0 Å². The molecule has 0 saturated heterocycles. The minimum Gasteiger partial charge on any atom is -0.344 e. The molecule has 132 valence electrons. The summed E-state index contributed by atoms with van der Waals surface area (Å²) in [5, 5.41) is 0. The van der Waals surface area contributed by atoms with Gasteiger partial charge in [-0.05, 0) is 48.0 Å². The van der Waals surface area contributed by atoms with Gasteiger partial charge < -0.3 is 4.57 Å². The number of fused-ring (bicyclic) bond motifs is 3. The van der Waals surface area contributed by atoms with Crippen LogP contribution < -0.4 is 10.1 Å². The summed E-state index contributed by atoms with van der Waals surface area (Å²) in [7, 11) is 2.02. The predicted octanol–water partition coefficient (Wildman–Crippen LogP) is 4.22. The Labute approximate surface area is 167 Å². The van der Waals surface area contributed by atoms with Gasteiger partial charge in [0.1, 0.15) is 0 Å². The van der Waals surface area contributed by atoms with Gasteiger partial charge in [-0.2, -0.15) is 0 Å². The minimum absolute atomic E-state index is 0.0184. The SMILES string of the molecule is Cn1c(/C=c2\sc3nc4ccccc4n3c2=O)ccc1-c1ccc(Br)cc1. The van der Waals surface area contributed by atoms with Crippen molar-refractivity contribution in [2.24, 2.45) is 7.05 Å². The monoisotopic (exact) mass is 435 g/mol. The molecule has 4 nitrogen and oxygen atoms in total. The lowest BCUT2D eigenvalue weighted by Crippen LogP contribution is -2.23. The van der Waals surface area contributed by atoms with Gasteiger partial charge in [0, 0.05) is 22.9 Å². The molecule has 3 heterocycles. The maximum Gasteiger partial charge on any atom is 0.275 e. The molecule has 0 aliphatic rings. The van der Waals surface area contributed by atoms with E-state index in [0.717, 1.165) is 37.4 Å². The zero-order valence-electron chi connectivity index (χ0n) is 14.4. The van der Waals surface area contributed by atoms with Gasteiger partial charge in [0.05, 0.1) is 15.6 Å². The summed E-state index contributed by atoms with van der Waals surface area (Å²) in [6.07, 6.45) is 1.94. The largest absolute Gasteiger partial charge is 0.344 e. The average Bonchev–Trinajstić information content (AvgIpc) is 3.30. The fraction of sp³-hybridized carbons (Fsp3) is 0.0476. The number of rotatable bonds is 2. The van der Waals surface area contributed by atoms with Gasteiger partial charge in [-0.25, -0.2) is 9.38 Å². The second-order valence-electron chi connectivity index (χ2n) is 6.34. The molecular formula is C21H14BrN3OS. The van der Waals surface area contributed by atoms with Crippen molar-refractivity contribution in [3.63, 3.8) is 0 Å².